The number of anilines is 1. The van der Waals surface area contributed by atoms with Crippen LogP contribution in [0.4, 0.5) is 5.13 Å². The number of rotatable bonds is 5. The molecule has 0 aliphatic carbocycles. The lowest BCUT2D eigenvalue weighted by atomic mass is 10.2. The predicted molar refractivity (Wildman–Crippen MR) is 80.1 cm³/mol. The number of hydrogen-bond acceptors (Lipinski definition) is 6. The SMILES string of the molecule is O=C(CCCCl)Nc1nnc(-c2ccc3c(c2)OCO3)s1. The molecule has 0 atom stereocenters. The van der Waals surface area contributed by atoms with E-state index in [1.807, 2.05) is 18.2 Å². The quantitative estimate of drug-likeness (QED) is 0.856. The van der Waals surface area contributed by atoms with E-state index >= 15 is 0 Å². The number of nitrogens with one attached hydrogen (secondary N) is 1. The van der Waals surface area contributed by atoms with Gasteiger partial charge in [0.2, 0.25) is 17.8 Å². The molecule has 0 saturated heterocycles. The zero-order valence-electron chi connectivity index (χ0n) is 11.0. The molecule has 1 aliphatic heterocycles. The molecule has 6 nitrogen and oxygen atoms in total. The van der Waals surface area contributed by atoms with E-state index in [4.69, 9.17) is 21.1 Å². The molecular formula is C13H12ClN3O3S. The third kappa shape index (κ3) is 3.25. The van der Waals surface area contributed by atoms with Gasteiger partial charge in [0.1, 0.15) is 5.01 Å². The van der Waals surface area contributed by atoms with Crippen molar-refractivity contribution in [2.24, 2.45) is 0 Å². The lowest BCUT2D eigenvalue weighted by Crippen LogP contribution is -2.10. The number of amides is 1. The summed E-state index contributed by atoms with van der Waals surface area (Å²) < 4.78 is 10.6. The molecular weight excluding hydrogens is 314 g/mol. The van der Waals surface area contributed by atoms with Gasteiger partial charge in [0.25, 0.3) is 0 Å². The van der Waals surface area contributed by atoms with Crippen LogP contribution in [0.2, 0.25) is 0 Å². The van der Waals surface area contributed by atoms with Gasteiger partial charge in [0.05, 0.1) is 0 Å². The highest BCUT2D eigenvalue weighted by atomic mass is 35.5. The fraction of sp³-hybridized carbons (Fsp3) is 0.308. The third-order valence-corrected chi connectivity index (χ3v) is 3.98. The van der Waals surface area contributed by atoms with Crippen LogP contribution in [0.5, 0.6) is 11.5 Å². The Balaban J connectivity index is 1.71. The Morgan fingerprint density at radius 2 is 2.19 bits per heavy atom. The molecule has 2 heterocycles. The zero-order valence-corrected chi connectivity index (χ0v) is 12.5. The van der Waals surface area contributed by atoms with Crippen molar-refractivity contribution in [1.82, 2.24) is 10.2 Å². The maximum atomic E-state index is 11.6. The van der Waals surface area contributed by atoms with E-state index in [-0.39, 0.29) is 12.7 Å². The molecule has 0 bridgehead atoms. The Morgan fingerprint density at radius 3 is 3.05 bits per heavy atom. The van der Waals surface area contributed by atoms with Crippen molar-refractivity contribution >= 4 is 34.0 Å². The van der Waals surface area contributed by atoms with Gasteiger partial charge in [-0.05, 0) is 24.6 Å². The van der Waals surface area contributed by atoms with Crippen molar-refractivity contribution in [3.63, 3.8) is 0 Å². The summed E-state index contributed by atoms with van der Waals surface area (Å²) in [6.07, 6.45) is 1.02. The maximum Gasteiger partial charge on any atom is 0.231 e. The molecule has 21 heavy (non-hydrogen) atoms. The van der Waals surface area contributed by atoms with Crippen LogP contribution < -0.4 is 14.8 Å². The van der Waals surface area contributed by atoms with Crippen LogP contribution in [0.1, 0.15) is 12.8 Å². The van der Waals surface area contributed by atoms with Gasteiger partial charge in [-0.2, -0.15) is 0 Å². The van der Waals surface area contributed by atoms with Crippen molar-refractivity contribution in [2.75, 3.05) is 18.0 Å². The second kappa shape index (κ2) is 6.28. The fourth-order valence-electron chi connectivity index (χ4n) is 1.83. The number of fused-ring (bicyclic) bond motifs is 1. The first-order chi connectivity index (χ1) is 10.3. The molecule has 1 aromatic carbocycles. The fourth-order valence-corrected chi connectivity index (χ4v) is 2.72. The van der Waals surface area contributed by atoms with E-state index in [0.717, 1.165) is 11.3 Å². The van der Waals surface area contributed by atoms with Gasteiger partial charge in [0.15, 0.2) is 11.5 Å². The van der Waals surface area contributed by atoms with E-state index in [2.05, 4.69) is 15.5 Å². The minimum atomic E-state index is -0.107. The van der Waals surface area contributed by atoms with E-state index in [0.29, 0.717) is 34.6 Å². The molecule has 0 radical (unpaired) electrons. The summed E-state index contributed by atoms with van der Waals surface area (Å²) in [6, 6.07) is 5.56. The van der Waals surface area contributed by atoms with Crippen molar-refractivity contribution in [3.8, 4) is 22.1 Å². The monoisotopic (exact) mass is 325 g/mol. The van der Waals surface area contributed by atoms with Crippen molar-refractivity contribution in [3.05, 3.63) is 18.2 Å². The summed E-state index contributed by atoms with van der Waals surface area (Å²) in [6.45, 7) is 0.233. The Kier molecular flexibility index (Phi) is 4.21. The molecule has 3 rings (SSSR count). The van der Waals surface area contributed by atoms with Crippen LogP contribution in [0.3, 0.4) is 0 Å². The van der Waals surface area contributed by atoms with Gasteiger partial charge in [-0.15, -0.1) is 21.8 Å². The standard InChI is InChI=1S/C13H12ClN3O3S/c14-5-1-2-11(18)15-13-17-16-12(21-13)8-3-4-9-10(6-8)20-7-19-9/h3-4,6H,1-2,5,7H2,(H,15,17,18). The zero-order chi connectivity index (χ0) is 14.7. The molecule has 0 spiro atoms. The average molecular weight is 326 g/mol. The minimum Gasteiger partial charge on any atom is -0.454 e. The Bertz CT molecular complexity index is 662. The highest BCUT2D eigenvalue weighted by Crippen LogP contribution is 2.37. The number of hydrogen-bond donors (Lipinski definition) is 1. The summed E-state index contributed by atoms with van der Waals surface area (Å²) in [5.74, 6) is 1.77. The smallest absolute Gasteiger partial charge is 0.231 e. The summed E-state index contributed by atoms with van der Waals surface area (Å²) in [5, 5.41) is 11.9. The predicted octanol–water partition coefficient (Wildman–Crippen LogP) is 2.89. The van der Waals surface area contributed by atoms with Crippen LogP contribution in [-0.2, 0) is 4.79 Å². The first kappa shape index (κ1) is 14.1. The number of carbonyl (C=O) groups is 1. The summed E-state index contributed by atoms with van der Waals surface area (Å²) in [7, 11) is 0. The lowest BCUT2D eigenvalue weighted by molar-refractivity contribution is -0.116. The number of halogens is 1. The molecule has 1 amide bonds. The molecule has 0 saturated carbocycles. The first-order valence-electron chi connectivity index (χ1n) is 6.35. The molecule has 8 heteroatoms. The highest BCUT2D eigenvalue weighted by molar-refractivity contribution is 7.18. The summed E-state index contributed by atoms with van der Waals surface area (Å²) >= 11 is 6.86. The summed E-state index contributed by atoms with van der Waals surface area (Å²) in [5.41, 5.74) is 0.873. The van der Waals surface area contributed by atoms with Crippen LogP contribution >= 0.6 is 22.9 Å². The molecule has 1 aromatic heterocycles. The van der Waals surface area contributed by atoms with E-state index in [9.17, 15) is 4.79 Å². The maximum absolute atomic E-state index is 11.6. The first-order valence-corrected chi connectivity index (χ1v) is 7.71. The highest BCUT2D eigenvalue weighted by Gasteiger charge is 2.16. The Morgan fingerprint density at radius 1 is 1.33 bits per heavy atom. The van der Waals surface area contributed by atoms with E-state index in [1.54, 1.807) is 0 Å². The number of ether oxygens (including phenoxy) is 2. The van der Waals surface area contributed by atoms with Gasteiger partial charge in [-0.3, -0.25) is 4.79 Å². The normalized spacial score (nSPS) is 12.4. The van der Waals surface area contributed by atoms with E-state index < -0.39 is 0 Å². The van der Waals surface area contributed by atoms with Gasteiger partial charge < -0.3 is 14.8 Å². The number of alkyl halides is 1. The van der Waals surface area contributed by atoms with Gasteiger partial charge in [-0.25, -0.2) is 0 Å². The van der Waals surface area contributed by atoms with Crippen LogP contribution in [0.25, 0.3) is 10.6 Å². The van der Waals surface area contributed by atoms with Gasteiger partial charge >= 0.3 is 0 Å². The molecule has 110 valence electrons. The van der Waals surface area contributed by atoms with Crippen LogP contribution in [-0.4, -0.2) is 28.8 Å². The van der Waals surface area contributed by atoms with Gasteiger partial charge in [-0.1, -0.05) is 11.3 Å². The number of carbonyl (C=O) groups excluding carboxylic acids is 1. The number of aromatic nitrogens is 2. The summed E-state index contributed by atoms with van der Waals surface area (Å²) in [4.78, 5) is 11.6. The average Bonchev–Trinajstić information content (AvgIpc) is 3.12. The topological polar surface area (TPSA) is 73.3 Å². The molecule has 0 unspecified atom stereocenters. The van der Waals surface area contributed by atoms with E-state index in [1.165, 1.54) is 11.3 Å². The second-order valence-electron chi connectivity index (χ2n) is 4.32. The Labute approximate surface area is 130 Å². The second-order valence-corrected chi connectivity index (χ2v) is 5.68. The molecule has 1 N–H and O–H groups in total. The molecule has 2 aromatic rings. The Hall–Kier alpha value is -1.86. The largest absolute Gasteiger partial charge is 0.454 e. The van der Waals surface area contributed by atoms with Crippen molar-refractivity contribution in [1.29, 1.82) is 0 Å². The van der Waals surface area contributed by atoms with Crippen LogP contribution in [0, 0.1) is 0 Å². The van der Waals surface area contributed by atoms with Crippen molar-refractivity contribution < 1.29 is 14.3 Å². The van der Waals surface area contributed by atoms with Crippen LogP contribution in [0.15, 0.2) is 18.2 Å². The molecule has 0 fully saturated rings. The lowest BCUT2D eigenvalue weighted by Gasteiger charge is -1.99. The third-order valence-electron chi connectivity index (χ3n) is 2.83. The van der Waals surface area contributed by atoms with Crippen molar-refractivity contribution in [2.45, 2.75) is 12.8 Å². The molecule has 1 aliphatic rings. The minimum absolute atomic E-state index is 0.107. The number of nitrogens with zero attached hydrogens (tertiary/aromatic N) is 2. The number of benzene rings is 1. The van der Waals surface area contributed by atoms with Gasteiger partial charge in [0, 0.05) is 17.9 Å².